The minimum atomic E-state index is 0.841. The average molecular weight is 213 g/mol. The fraction of sp³-hybridized carbons (Fsp3) is 0.0769. The van der Waals surface area contributed by atoms with Gasteiger partial charge in [0.25, 0.3) is 0 Å². The highest BCUT2D eigenvalue weighted by Crippen LogP contribution is 2.34. The molecule has 1 aromatic heterocycles. The Balaban J connectivity index is 2.35. The van der Waals surface area contributed by atoms with Gasteiger partial charge in [0.05, 0.1) is 0 Å². The molecule has 2 heteroatoms. The topological polar surface area (TPSA) is 26.0 Å². The van der Waals surface area contributed by atoms with E-state index in [9.17, 15) is 0 Å². The molecule has 0 bridgehead atoms. The maximum Gasteiger partial charge on any atom is 0.0353 e. The van der Waals surface area contributed by atoms with Gasteiger partial charge in [-0.3, -0.25) is 0 Å². The molecule has 2 aromatic rings. The molecule has 0 fully saturated rings. The van der Waals surface area contributed by atoms with E-state index < -0.39 is 0 Å². The lowest BCUT2D eigenvalue weighted by molar-refractivity contribution is 1.35. The van der Waals surface area contributed by atoms with Crippen molar-refractivity contribution >= 4 is 33.2 Å². The first kappa shape index (κ1) is 8.74. The van der Waals surface area contributed by atoms with Crippen LogP contribution in [0, 0.1) is 0 Å². The van der Waals surface area contributed by atoms with Gasteiger partial charge < -0.3 is 5.73 Å². The normalized spacial score (nSPS) is 14.1. The SMILES string of the molecule is Nc1ccc2sc3c(c2c1)C=CC=CC3. The minimum Gasteiger partial charge on any atom is -0.399 e. The standard InChI is InChI=1S/C13H11NS/c14-9-6-7-13-11(8-9)10-4-2-1-3-5-12(10)15-13/h1-4,6-8H,5,14H2. The Bertz CT molecular complexity index is 575. The van der Waals surface area contributed by atoms with Crippen LogP contribution >= 0.6 is 11.3 Å². The lowest BCUT2D eigenvalue weighted by Gasteiger charge is -1.95. The molecule has 1 aromatic carbocycles. The van der Waals surface area contributed by atoms with Crippen molar-refractivity contribution in [1.29, 1.82) is 0 Å². The van der Waals surface area contributed by atoms with E-state index in [-0.39, 0.29) is 0 Å². The third-order valence-electron chi connectivity index (χ3n) is 2.64. The molecule has 1 aliphatic rings. The van der Waals surface area contributed by atoms with E-state index in [1.54, 1.807) is 0 Å². The van der Waals surface area contributed by atoms with Gasteiger partial charge in [-0.05, 0) is 23.8 Å². The Hall–Kier alpha value is -1.54. The van der Waals surface area contributed by atoms with Gasteiger partial charge in [-0.25, -0.2) is 0 Å². The predicted molar refractivity (Wildman–Crippen MR) is 68.1 cm³/mol. The number of thiophene rings is 1. The fourth-order valence-corrected chi connectivity index (χ4v) is 3.07. The van der Waals surface area contributed by atoms with Gasteiger partial charge in [0, 0.05) is 27.1 Å². The van der Waals surface area contributed by atoms with Crippen molar-refractivity contribution in [2.75, 3.05) is 5.73 Å². The summed E-state index contributed by atoms with van der Waals surface area (Å²) in [6.45, 7) is 0. The molecule has 1 nitrogen and oxygen atoms in total. The second-order valence-corrected chi connectivity index (χ2v) is 4.82. The number of benzene rings is 1. The van der Waals surface area contributed by atoms with Crippen LogP contribution < -0.4 is 5.73 Å². The van der Waals surface area contributed by atoms with Gasteiger partial charge in [-0.2, -0.15) is 0 Å². The summed E-state index contributed by atoms with van der Waals surface area (Å²) in [5, 5.41) is 1.29. The first-order valence-corrected chi connectivity index (χ1v) is 5.80. The molecule has 0 unspecified atom stereocenters. The van der Waals surface area contributed by atoms with Crippen molar-refractivity contribution in [2.45, 2.75) is 6.42 Å². The van der Waals surface area contributed by atoms with E-state index in [2.05, 4.69) is 36.4 Å². The van der Waals surface area contributed by atoms with Crippen molar-refractivity contribution in [1.82, 2.24) is 0 Å². The summed E-state index contributed by atoms with van der Waals surface area (Å²) >= 11 is 1.86. The van der Waals surface area contributed by atoms with Crippen LogP contribution in [0.3, 0.4) is 0 Å². The largest absolute Gasteiger partial charge is 0.399 e. The van der Waals surface area contributed by atoms with E-state index >= 15 is 0 Å². The Kier molecular flexibility index (Phi) is 1.89. The predicted octanol–water partition coefficient (Wildman–Crippen LogP) is 3.61. The lowest BCUT2D eigenvalue weighted by atomic mass is 10.1. The number of nitrogen functional groups attached to an aromatic ring is 1. The van der Waals surface area contributed by atoms with Gasteiger partial charge in [-0.15, -0.1) is 11.3 Å². The molecule has 74 valence electrons. The van der Waals surface area contributed by atoms with Crippen molar-refractivity contribution < 1.29 is 0 Å². The van der Waals surface area contributed by atoms with Crippen LogP contribution in [0.4, 0.5) is 5.69 Å². The van der Waals surface area contributed by atoms with Crippen molar-refractivity contribution in [3.63, 3.8) is 0 Å². The zero-order valence-electron chi connectivity index (χ0n) is 8.23. The summed E-state index contributed by atoms with van der Waals surface area (Å²) in [5.41, 5.74) is 8.00. The number of fused-ring (bicyclic) bond motifs is 3. The van der Waals surface area contributed by atoms with Gasteiger partial charge >= 0.3 is 0 Å². The van der Waals surface area contributed by atoms with Crippen LogP contribution in [0.25, 0.3) is 16.2 Å². The van der Waals surface area contributed by atoms with Crippen LogP contribution in [0.2, 0.25) is 0 Å². The summed E-state index contributed by atoms with van der Waals surface area (Å²) in [7, 11) is 0. The van der Waals surface area contributed by atoms with E-state index in [1.165, 1.54) is 20.5 Å². The number of hydrogen-bond donors (Lipinski definition) is 1. The summed E-state index contributed by atoms with van der Waals surface area (Å²) in [6.07, 6.45) is 9.60. The maximum absolute atomic E-state index is 5.82. The number of allylic oxidation sites excluding steroid dienone is 3. The van der Waals surface area contributed by atoms with Gasteiger partial charge in [0.1, 0.15) is 0 Å². The fourth-order valence-electron chi connectivity index (χ4n) is 1.92. The molecule has 0 saturated carbocycles. The molecule has 0 atom stereocenters. The van der Waals surface area contributed by atoms with Gasteiger partial charge in [-0.1, -0.05) is 24.3 Å². The number of hydrogen-bond acceptors (Lipinski definition) is 2. The highest BCUT2D eigenvalue weighted by atomic mass is 32.1. The molecule has 1 heterocycles. The third-order valence-corrected chi connectivity index (χ3v) is 3.85. The average Bonchev–Trinajstić information content (AvgIpc) is 2.44. The molecule has 0 radical (unpaired) electrons. The molecule has 1 aliphatic carbocycles. The summed E-state index contributed by atoms with van der Waals surface area (Å²) < 4.78 is 1.33. The third kappa shape index (κ3) is 1.38. The summed E-state index contributed by atoms with van der Waals surface area (Å²) in [6, 6.07) is 6.15. The monoisotopic (exact) mass is 213 g/mol. The summed E-state index contributed by atoms with van der Waals surface area (Å²) in [4.78, 5) is 1.43. The van der Waals surface area contributed by atoms with Crippen LogP contribution in [0.15, 0.2) is 36.4 Å². The van der Waals surface area contributed by atoms with Crippen molar-refractivity contribution in [3.8, 4) is 0 Å². The van der Waals surface area contributed by atoms with Gasteiger partial charge in [0.15, 0.2) is 0 Å². The highest BCUT2D eigenvalue weighted by Gasteiger charge is 2.09. The van der Waals surface area contributed by atoms with Crippen molar-refractivity contribution in [2.24, 2.45) is 0 Å². The molecular weight excluding hydrogens is 202 g/mol. The second kappa shape index (κ2) is 3.24. The van der Waals surface area contributed by atoms with E-state index in [0.717, 1.165) is 12.1 Å². The maximum atomic E-state index is 5.82. The molecule has 0 aliphatic heterocycles. The first-order chi connectivity index (χ1) is 7.34. The molecular formula is C13H11NS. The molecule has 0 spiro atoms. The Morgan fingerprint density at radius 1 is 1.20 bits per heavy atom. The molecule has 2 N–H and O–H groups in total. The second-order valence-electron chi connectivity index (χ2n) is 3.69. The molecule has 0 amide bonds. The van der Waals surface area contributed by atoms with Crippen LogP contribution in [-0.4, -0.2) is 0 Å². The van der Waals surface area contributed by atoms with Crippen molar-refractivity contribution in [3.05, 3.63) is 46.9 Å². The Morgan fingerprint density at radius 3 is 3.07 bits per heavy atom. The minimum absolute atomic E-state index is 0.841. The summed E-state index contributed by atoms with van der Waals surface area (Å²) in [5.74, 6) is 0. The van der Waals surface area contributed by atoms with Crippen LogP contribution in [0.1, 0.15) is 10.4 Å². The van der Waals surface area contributed by atoms with E-state index in [0.29, 0.717) is 0 Å². The van der Waals surface area contributed by atoms with Crippen LogP contribution in [-0.2, 0) is 6.42 Å². The molecule has 3 rings (SSSR count). The Labute approximate surface area is 92.5 Å². The number of rotatable bonds is 0. The van der Waals surface area contributed by atoms with E-state index in [4.69, 9.17) is 5.73 Å². The molecule has 15 heavy (non-hydrogen) atoms. The zero-order chi connectivity index (χ0) is 10.3. The Morgan fingerprint density at radius 2 is 2.13 bits per heavy atom. The number of nitrogens with two attached hydrogens (primary N) is 1. The van der Waals surface area contributed by atoms with Gasteiger partial charge in [0.2, 0.25) is 0 Å². The lowest BCUT2D eigenvalue weighted by Crippen LogP contribution is -1.83. The molecule has 0 saturated heterocycles. The highest BCUT2D eigenvalue weighted by molar-refractivity contribution is 7.19. The van der Waals surface area contributed by atoms with E-state index in [1.807, 2.05) is 17.4 Å². The number of anilines is 1. The smallest absolute Gasteiger partial charge is 0.0353 e. The quantitative estimate of drug-likeness (QED) is 0.665. The zero-order valence-corrected chi connectivity index (χ0v) is 9.05. The first-order valence-electron chi connectivity index (χ1n) is 4.99. The van der Waals surface area contributed by atoms with Crippen LogP contribution in [0.5, 0.6) is 0 Å².